The molecule has 1 rings (SSSR count). The average molecular weight is 151 g/mol. The van der Waals surface area contributed by atoms with Crippen molar-refractivity contribution in [2.75, 3.05) is 0 Å². The number of carbonyl (C=O) groups is 1. The average Bonchev–Trinajstić information content (AvgIpc) is 1.85. The second-order valence-electron chi connectivity index (χ2n) is 2.47. The van der Waals surface area contributed by atoms with E-state index in [2.05, 4.69) is 4.98 Å². The second kappa shape index (κ2) is 2.70. The molecule has 0 amide bonds. The van der Waals surface area contributed by atoms with E-state index in [0.29, 0.717) is 12.0 Å². The molecule has 0 aliphatic carbocycles. The standard InChI is InChI=1S/C8H9NO2/c1-5-3-8(11)7(4-10)6(2)9-5/h3-4H,1-2H3,(H,9,11). The first-order valence-corrected chi connectivity index (χ1v) is 3.31. The maximum absolute atomic E-state index is 11.0. The lowest BCUT2D eigenvalue weighted by atomic mass is 10.2. The minimum Gasteiger partial charge on any atom is -0.362 e. The van der Waals surface area contributed by atoms with E-state index < -0.39 is 0 Å². The Kier molecular flexibility index (Phi) is 1.89. The minimum absolute atomic E-state index is 0.214. The Labute approximate surface area is 64.1 Å². The van der Waals surface area contributed by atoms with Crippen molar-refractivity contribution in [1.29, 1.82) is 0 Å². The molecule has 1 aromatic heterocycles. The van der Waals surface area contributed by atoms with Crippen molar-refractivity contribution in [3.8, 4) is 0 Å². The van der Waals surface area contributed by atoms with Gasteiger partial charge in [0.25, 0.3) is 0 Å². The topological polar surface area (TPSA) is 49.9 Å². The SMILES string of the molecule is Cc1cc(=O)c(C=O)c(C)[nH]1. The summed E-state index contributed by atoms with van der Waals surface area (Å²) < 4.78 is 0. The van der Waals surface area contributed by atoms with Crippen LogP contribution in [0.1, 0.15) is 21.7 Å². The third-order valence-corrected chi connectivity index (χ3v) is 1.52. The highest BCUT2D eigenvalue weighted by molar-refractivity contribution is 5.75. The molecule has 0 unspecified atom stereocenters. The van der Waals surface area contributed by atoms with Gasteiger partial charge >= 0.3 is 0 Å². The van der Waals surface area contributed by atoms with Gasteiger partial charge in [0.15, 0.2) is 11.7 Å². The van der Waals surface area contributed by atoms with Crippen LogP contribution in [0.25, 0.3) is 0 Å². The predicted octanol–water partition coefficient (Wildman–Crippen LogP) is 0.804. The van der Waals surface area contributed by atoms with Crippen molar-refractivity contribution in [3.63, 3.8) is 0 Å². The predicted molar refractivity (Wildman–Crippen MR) is 41.9 cm³/mol. The largest absolute Gasteiger partial charge is 0.362 e. The number of aldehydes is 1. The molecule has 0 saturated carbocycles. The zero-order valence-electron chi connectivity index (χ0n) is 6.47. The van der Waals surface area contributed by atoms with Crippen LogP contribution in [-0.4, -0.2) is 11.3 Å². The third kappa shape index (κ3) is 1.37. The van der Waals surface area contributed by atoms with Crippen molar-refractivity contribution in [1.82, 2.24) is 4.98 Å². The maximum Gasteiger partial charge on any atom is 0.192 e. The number of rotatable bonds is 1. The summed E-state index contributed by atoms with van der Waals surface area (Å²) in [6, 6.07) is 1.41. The fourth-order valence-corrected chi connectivity index (χ4v) is 1.00. The molecule has 0 radical (unpaired) electrons. The third-order valence-electron chi connectivity index (χ3n) is 1.52. The highest BCUT2D eigenvalue weighted by atomic mass is 16.1. The molecular formula is C8H9NO2. The molecule has 0 aromatic carbocycles. The van der Waals surface area contributed by atoms with Gasteiger partial charge in [0.05, 0.1) is 5.56 Å². The van der Waals surface area contributed by atoms with Gasteiger partial charge in [-0.2, -0.15) is 0 Å². The van der Waals surface area contributed by atoms with Crippen molar-refractivity contribution in [3.05, 3.63) is 33.2 Å². The number of H-pyrrole nitrogens is 1. The van der Waals surface area contributed by atoms with Crippen molar-refractivity contribution < 1.29 is 4.79 Å². The van der Waals surface area contributed by atoms with Crippen LogP contribution < -0.4 is 5.43 Å². The van der Waals surface area contributed by atoms with Crippen LogP contribution in [0, 0.1) is 13.8 Å². The molecular weight excluding hydrogens is 142 g/mol. The summed E-state index contributed by atoms with van der Waals surface area (Å²) in [5, 5.41) is 0. The summed E-state index contributed by atoms with van der Waals surface area (Å²) >= 11 is 0. The fourth-order valence-electron chi connectivity index (χ4n) is 1.00. The van der Waals surface area contributed by atoms with E-state index in [1.165, 1.54) is 6.07 Å². The van der Waals surface area contributed by atoms with Crippen molar-refractivity contribution in [2.45, 2.75) is 13.8 Å². The molecule has 11 heavy (non-hydrogen) atoms. The van der Waals surface area contributed by atoms with E-state index in [1.807, 2.05) is 0 Å². The number of aromatic amines is 1. The normalized spacial score (nSPS) is 9.64. The second-order valence-corrected chi connectivity index (χ2v) is 2.47. The molecule has 0 spiro atoms. The smallest absolute Gasteiger partial charge is 0.192 e. The number of aromatic nitrogens is 1. The molecule has 0 aliphatic heterocycles. The Balaban J connectivity index is 3.49. The summed E-state index contributed by atoms with van der Waals surface area (Å²) in [5.74, 6) is 0. The monoisotopic (exact) mass is 151 g/mol. The van der Waals surface area contributed by atoms with Crippen LogP contribution in [0.15, 0.2) is 10.9 Å². The Morgan fingerprint density at radius 3 is 2.55 bits per heavy atom. The number of nitrogens with one attached hydrogen (secondary N) is 1. The Hall–Kier alpha value is -1.38. The van der Waals surface area contributed by atoms with Gasteiger partial charge in [-0.05, 0) is 13.8 Å². The molecule has 0 bridgehead atoms. The summed E-state index contributed by atoms with van der Waals surface area (Å²) in [4.78, 5) is 24.3. The van der Waals surface area contributed by atoms with Crippen LogP contribution in [0.2, 0.25) is 0 Å². The molecule has 58 valence electrons. The highest BCUT2D eigenvalue weighted by Crippen LogP contribution is 1.96. The summed E-state index contributed by atoms with van der Waals surface area (Å²) in [6.45, 7) is 3.49. The van der Waals surface area contributed by atoms with Gasteiger partial charge in [0, 0.05) is 17.5 Å². The number of hydrogen-bond acceptors (Lipinski definition) is 2. The zero-order valence-corrected chi connectivity index (χ0v) is 6.47. The van der Waals surface area contributed by atoms with Crippen LogP contribution in [0.5, 0.6) is 0 Å². The van der Waals surface area contributed by atoms with Gasteiger partial charge in [0.1, 0.15) is 0 Å². The molecule has 3 heteroatoms. The lowest BCUT2D eigenvalue weighted by Crippen LogP contribution is -2.11. The van der Waals surface area contributed by atoms with E-state index >= 15 is 0 Å². The quantitative estimate of drug-likeness (QED) is 0.603. The van der Waals surface area contributed by atoms with Gasteiger partial charge in [-0.3, -0.25) is 9.59 Å². The van der Waals surface area contributed by atoms with Crippen LogP contribution in [-0.2, 0) is 0 Å². The van der Waals surface area contributed by atoms with Crippen LogP contribution >= 0.6 is 0 Å². The van der Waals surface area contributed by atoms with E-state index in [-0.39, 0.29) is 11.0 Å². The lowest BCUT2D eigenvalue weighted by molar-refractivity contribution is 0.112. The van der Waals surface area contributed by atoms with E-state index in [0.717, 1.165) is 5.69 Å². The van der Waals surface area contributed by atoms with E-state index in [4.69, 9.17) is 0 Å². The number of hydrogen-bond donors (Lipinski definition) is 1. The van der Waals surface area contributed by atoms with E-state index in [9.17, 15) is 9.59 Å². The fraction of sp³-hybridized carbons (Fsp3) is 0.250. The first-order chi connectivity index (χ1) is 5.15. The van der Waals surface area contributed by atoms with Gasteiger partial charge in [-0.15, -0.1) is 0 Å². The molecule has 0 atom stereocenters. The zero-order chi connectivity index (χ0) is 8.43. The number of aryl methyl sites for hydroxylation is 2. The minimum atomic E-state index is -0.214. The molecule has 1 N–H and O–H groups in total. The Morgan fingerprint density at radius 2 is 2.09 bits per heavy atom. The van der Waals surface area contributed by atoms with Crippen molar-refractivity contribution >= 4 is 6.29 Å². The number of pyridine rings is 1. The van der Waals surface area contributed by atoms with Gasteiger partial charge in [0.2, 0.25) is 0 Å². The molecule has 1 heterocycles. The first-order valence-electron chi connectivity index (χ1n) is 3.31. The van der Waals surface area contributed by atoms with Gasteiger partial charge < -0.3 is 4.98 Å². The Bertz CT molecular complexity index is 338. The summed E-state index contributed by atoms with van der Waals surface area (Å²) in [6.07, 6.45) is 0.577. The van der Waals surface area contributed by atoms with Crippen LogP contribution in [0.3, 0.4) is 0 Å². The van der Waals surface area contributed by atoms with E-state index in [1.54, 1.807) is 13.8 Å². The van der Waals surface area contributed by atoms with Gasteiger partial charge in [-0.1, -0.05) is 0 Å². The first kappa shape index (κ1) is 7.72. The maximum atomic E-state index is 11.0. The molecule has 0 aliphatic rings. The van der Waals surface area contributed by atoms with Crippen molar-refractivity contribution in [2.24, 2.45) is 0 Å². The molecule has 3 nitrogen and oxygen atoms in total. The number of carbonyl (C=O) groups excluding carboxylic acids is 1. The van der Waals surface area contributed by atoms with Gasteiger partial charge in [-0.25, -0.2) is 0 Å². The molecule has 0 saturated heterocycles. The highest BCUT2D eigenvalue weighted by Gasteiger charge is 2.01. The summed E-state index contributed by atoms with van der Waals surface area (Å²) in [5.41, 5.74) is 1.41. The lowest BCUT2D eigenvalue weighted by Gasteiger charge is -1.98. The molecule has 0 fully saturated rings. The Morgan fingerprint density at radius 1 is 1.45 bits per heavy atom. The van der Waals surface area contributed by atoms with Crippen LogP contribution in [0.4, 0.5) is 0 Å². The summed E-state index contributed by atoms with van der Waals surface area (Å²) in [7, 11) is 0. The molecule has 1 aromatic rings.